The van der Waals surface area contributed by atoms with Crippen LogP contribution in [0.1, 0.15) is 5.56 Å². The first kappa shape index (κ1) is 12.8. The van der Waals surface area contributed by atoms with Crippen LogP contribution in [-0.4, -0.2) is 0 Å². The number of nitrogen functional groups attached to an aromatic ring is 1. The normalized spacial score (nSPS) is 12.2. The summed E-state index contributed by atoms with van der Waals surface area (Å²) in [5, 5.41) is 2.68. The number of rotatable bonds is 1. The molecule has 0 radical (unpaired) electrons. The number of benzene rings is 2. The van der Waals surface area contributed by atoms with E-state index in [1.165, 1.54) is 44.5 Å². The molecule has 22 heavy (non-hydrogen) atoms. The van der Waals surface area contributed by atoms with E-state index in [2.05, 4.69) is 30.3 Å². The smallest absolute Gasteiger partial charge is 0.0642 e. The molecular formula is C17H12N2S3. The topological polar surface area (TPSA) is 52.0 Å². The third kappa shape index (κ3) is 1.62. The molecule has 3 heterocycles. The van der Waals surface area contributed by atoms with Gasteiger partial charge in [0.1, 0.15) is 0 Å². The zero-order valence-corrected chi connectivity index (χ0v) is 14.0. The Morgan fingerprint density at radius 3 is 2.05 bits per heavy atom. The number of hydrogen-bond donors (Lipinski definition) is 2. The molecule has 3 aromatic heterocycles. The predicted molar refractivity (Wildman–Crippen MR) is 102 cm³/mol. The van der Waals surface area contributed by atoms with E-state index in [0.717, 1.165) is 5.69 Å². The fraction of sp³-hybridized carbons (Fsp3) is 0.0588. The minimum absolute atomic E-state index is 0.596. The van der Waals surface area contributed by atoms with Crippen molar-refractivity contribution in [3.63, 3.8) is 0 Å². The third-order valence-electron chi connectivity index (χ3n) is 4.02. The Hall–Kier alpha value is -1.66. The monoisotopic (exact) mass is 340 g/mol. The number of thiophene rings is 3. The molecule has 0 aliphatic carbocycles. The Morgan fingerprint density at radius 2 is 1.36 bits per heavy atom. The first-order valence-corrected chi connectivity index (χ1v) is 9.45. The van der Waals surface area contributed by atoms with Crippen molar-refractivity contribution in [1.82, 2.24) is 0 Å². The molecule has 0 bridgehead atoms. The third-order valence-corrected chi connectivity index (χ3v) is 8.01. The van der Waals surface area contributed by atoms with Crippen molar-refractivity contribution in [2.45, 2.75) is 6.54 Å². The summed E-state index contributed by atoms with van der Waals surface area (Å²) in [5.41, 5.74) is 13.7. The average molecular weight is 340 g/mol. The largest absolute Gasteiger partial charge is 0.399 e. The summed E-state index contributed by atoms with van der Waals surface area (Å²) in [4.78, 5) is 0. The molecule has 0 spiro atoms. The summed E-state index contributed by atoms with van der Waals surface area (Å²) in [6, 6.07) is 12.8. The van der Waals surface area contributed by atoms with Crippen molar-refractivity contribution in [2.24, 2.45) is 5.73 Å². The first-order valence-electron chi connectivity index (χ1n) is 7.00. The Kier molecular flexibility index (Phi) is 2.58. The van der Waals surface area contributed by atoms with Crippen LogP contribution >= 0.6 is 34.0 Å². The molecule has 0 atom stereocenters. The maximum Gasteiger partial charge on any atom is 0.0642 e. The highest BCUT2D eigenvalue weighted by Crippen LogP contribution is 2.50. The highest BCUT2D eigenvalue weighted by atomic mass is 32.1. The van der Waals surface area contributed by atoms with Crippen molar-refractivity contribution in [2.75, 3.05) is 5.73 Å². The quantitative estimate of drug-likeness (QED) is 0.394. The highest BCUT2D eigenvalue weighted by molar-refractivity contribution is 7.43. The van der Waals surface area contributed by atoms with Crippen LogP contribution in [0, 0.1) is 0 Å². The van der Waals surface area contributed by atoms with Gasteiger partial charge < -0.3 is 11.5 Å². The minimum Gasteiger partial charge on any atom is -0.399 e. The number of anilines is 1. The second kappa shape index (κ2) is 4.43. The van der Waals surface area contributed by atoms with Crippen LogP contribution in [0.15, 0.2) is 36.4 Å². The van der Waals surface area contributed by atoms with Gasteiger partial charge in [-0.1, -0.05) is 18.2 Å². The van der Waals surface area contributed by atoms with Gasteiger partial charge in [0, 0.05) is 32.4 Å². The predicted octanol–water partition coefficient (Wildman–Crippen LogP) is 5.52. The maximum atomic E-state index is 5.92. The van der Waals surface area contributed by atoms with Crippen LogP contribution in [0.25, 0.3) is 39.0 Å². The lowest BCUT2D eigenvalue weighted by Crippen LogP contribution is -1.94. The van der Waals surface area contributed by atoms with E-state index in [9.17, 15) is 0 Å². The van der Waals surface area contributed by atoms with Crippen LogP contribution in [0.2, 0.25) is 0 Å². The SMILES string of the molecule is NCc1ccc2c(c1)sc1c2sc2c3ccc(N)cc3sc21. The zero-order chi connectivity index (χ0) is 14.8. The van der Waals surface area contributed by atoms with Crippen molar-refractivity contribution < 1.29 is 0 Å². The molecule has 0 aliphatic rings. The van der Waals surface area contributed by atoms with Gasteiger partial charge in [0.05, 0.1) is 18.8 Å². The second-order valence-corrected chi connectivity index (χ2v) is 8.54. The molecule has 0 saturated heterocycles. The maximum absolute atomic E-state index is 5.92. The van der Waals surface area contributed by atoms with E-state index in [4.69, 9.17) is 11.5 Å². The molecule has 0 fully saturated rings. The van der Waals surface area contributed by atoms with Crippen LogP contribution < -0.4 is 11.5 Å². The van der Waals surface area contributed by atoms with Crippen molar-refractivity contribution in [3.05, 3.63) is 42.0 Å². The average Bonchev–Trinajstić information content (AvgIpc) is 3.14. The van der Waals surface area contributed by atoms with E-state index in [-0.39, 0.29) is 0 Å². The van der Waals surface area contributed by atoms with Gasteiger partial charge in [-0.05, 0) is 23.8 Å². The van der Waals surface area contributed by atoms with Gasteiger partial charge in [-0.15, -0.1) is 34.0 Å². The Balaban J connectivity index is 1.94. The zero-order valence-electron chi connectivity index (χ0n) is 11.6. The number of fused-ring (bicyclic) bond motifs is 7. The Morgan fingerprint density at radius 1 is 0.727 bits per heavy atom. The van der Waals surface area contributed by atoms with Gasteiger partial charge in [-0.3, -0.25) is 0 Å². The first-order chi connectivity index (χ1) is 10.7. The molecule has 0 amide bonds. The van der Waals surface area contributed by atoms with Crippen molar-refractivity contribution >= 4 is 78.7 Å². The lowest BCUT2D eigenvalue weighted by Gasteiger charge is -1.95. The fourth-order valence-corrected chi connectivity index (χ4v) is 7.32. The van der Waals surface area contributed by atoms with Crippen LogP contribution in [-0.2, 0) is 6.54 Å². The van der Waals surface area contributed by atoms with Crippen LogP contribution in [0.4, 0.5) is 5.69 Å². The molecule has 2 nitrogen and oxygen atoms in total. The molecule has 108 valence electrons. The second-order valence-electron chi connectivity index (χ2n) is 5.41. The molecule has 4 N–H and O–H groups in total. The van der Waals surface area contributed by atoms with Gasteiger partial charge in [0.2, 0.25) is 0 Å². The summed E-state index contributed by atoms with van der Waals surface area (Å²) in [6.45, 7) is 0.596. The van der Waals surface area contributed by atoms with Gasteiger partial charge in [0.25, 0.3) is 0 Å². The van der Waals surface area contributed by atoms with E-state index in [1.807, 2.05) is 40.1 Å². The molecule has 5 heteroatoms. The minimum atomic E-state index is 0.596. The van der Waals surface area contributed by atoms with Gasteiger partial charge in [-0.25, -0.2) is 0 Å². The Labute approximate surface area is 138 Å². The van der Waals surface area contributed by atoms with E-state index < -0.39 is 0 Å². The van der Waals surface area contributed by atoms with Crippen LogP contribution in [0.5, 0.6) is 0 Å². The molecule has 5 rings (SSSR count). The summed E-state index contributed by atoms with van der Waals surface area (Å²) in [5.74, 6) is 0. The lowest BCUT2D eigenvalue weighted by atomic mass is 10.2. The summed E-state index contributed by atoms with van der Waals surface area (Å²) in [6.07, 6.45) is 0. The summed E-state index contributed by atoms with van der Waals surface area (Å²) in [7, 11) is 0. The Bertz CT molecular complexity index is 1180. The van der Waals surface area contributed by atoms with Crippen molar-refractivity contribution in [3.8, 4) is 0 Å². The number of nitrogens with two attached hydrogens (primary N) is 2. The van der Waals surface area contributed by atoms with Crippen LogP contribution in [0.3, 0.4) is 0 Å². The lowest BCUT2D eigenvalue weighted by molar-refractivity contribution is 1.08. The van der Waals surface area contributed by atoms with E-state index >= 15 is 0 Å². The summed E-state index contributed by atoms with van der Waals surface area (Å²) < 4.78 is 8.22. The molecular weight excluding hydrogens is 328 g/mol. The highest BCUT2D eigenvalue weighted by Gasteiger charge is 2.16. The van der Waals surface area contributed by atoms with Gasteiger partial charge >= 0.3 is 0 Å². The van der Waals surface area contributed by atoms with Gasteiger partial charge in [-0.2, -0.15) is 0 Å². The molecule has 5 aromatic rings. The van der Waals surface area contributed by atoms with E-state index in [1.54, 1.807) is 0 Å². The molecule has 2 aromatic carbocycles. The van der Waals surface area contributed by atoms with E-state index in [0.29, 0.717) is 6.54 Å². The molecule has 0 aliphatic heterocycles. The molecule has 0 saturated carbocycles. The fourth-order valence-electron chi connectivity index (χ4n) is 2.94. The summed E-state index contributed by atoms with van der Waals surface area (Å²) >= 11 is 5.64. The standard InChI is InChI=1S/C17H12N2S3/c18-7-8-1-3-10-12(5-8)20-16-14(10)22-15-11-4-2-9(19)6-13(11)21-17(15)16/h1-6H,7,18-19H2. The molecule has 0 unspecified atom stereocenters. The van der Waals surface area contributed by atoms with Gasteiger partial charge in [0.15, 0.2) is 0 Å². The number of hydrogen-bond acceptors (Lipinski definition) is 5. The van der Waals surface area contributed by atoms with Crippen molar-refractivity contribution in [1.29, 1.82) is 0 Å².